The van der Waals surface area contributed by atoms with Crippen molar-refractivity contribution in [3.05, 3.63) is 34.6 Å². The van der Waals surface area contributed by atoms with E-state index in [1.54, 1.807) is 6.07 Å². The van der Waals surface area contributed by atoms with Crippen molar-refractivity contribution < 1.29 is 4.39 Å². The van der Waals surface area contributed by atoms with E-state index in [4.69, 9.17) is 11.6 Å². The molecule has 1 N–H and O–H groups in total. The Morgan fingerprint density at radius 2 is 2.05 bits per heavy atom. The molecule has 20 heavy (non-hydrogen) atoms. The number of hydrogen-bond donors (Lipinski definition) is 1. The SMILES string of the molecule is CCNC(CCC1CCCCC1)c1ccc(Cl)cc1F. The monoisotopic (exact) mass is 297 g/mol. The number of benzene rings is 1. The van der Waals surface area contributed by atoms with Crippen molar-refractivity contribution in [3.63, 3.8) is 0 Å². The second-order valence-electron chi connectivity index (χ2n) is 5.86. The molecule has 1 aliphatic rings. The molecule has 1 unspecified atom stereocenters. The summed E-state index contributed by atoms with van der Waals surface area (Å²) < 4.78 is 14.1. The summed E-state index contributed by atoms with van der Waals surface area (Å²) in [4.78, 5) is 0. The molecular weight excluding hydrogens is 273 g/mol. The van der Waals surface area contributed by atoms with Gasteiger partial charge in [-0.05, 0) is 37.4 Å². The van der Waals surface area contributed by atoms with Gasteiger partial charge in [0, 0.05) is 16.6 Å². The van der Waals surface area contributed by atoms with Crippen molar-refractivity contribution in [2.24, 2.45) is 5.92 Å². The van der Waals surface area contributed by atoms with Crippen LogP contribution in [0.1, 0.15) is 63.5 Å². The fourth-order valence-corrected chi connectivity index (χ4v) is 3.43. The van der Waals surface area contributed by atoms with Crippen LogP contribution in [0.5, 0.6) is 0 Å². The van der Waals surface area contributed by atoms with Gasteiger partial charge in [0.05, 0.1) is 0 Å². The molecule has 1 nitrogen and oxygen atoms in total. The Hall–Kier alpha value is -0.600. The summed E-state index contributed by atoms with van der Waals surface area (Å²) in [5.74, 6) is 0.646. The molecule has 1 aromatic carbocycles. The first kappa shape index (κ1) is 15.8. The Balaban J connectivity index is 1.98. The minimum Gasteiger partial charge on any atom is -0.310 e. The van der Waals surface area contributed by atoms with Gasteiger partial charge in [-0.15, -0.1) is 0 Å². The van der Waals surface area contributed by atoms with Crippen molar-refractivity contribution >= 4 is 11.6 Å². The molecule has 2 rings (SSSR count). The molecule has 0 heterocycles. The molecule has 112 valence electrons. The highest BCUT2D eigenvalue weighted by molar-refractivity contribution is 6.30. The third-order valence-electron chi connectivity index (χ3n) is 4.38. The summed E-state index contributed by atoms with van der Waals surface area (Å²) in [7, 11) is 0. The Kier molecular flexibility index (Phi) is 6.31. The molecule has 0 saturated heterocycles. The highest BCUT2D eigenvalue weighted by Crippen LogP contribution is 2.31. The number of nitrogens with one attached hydrogen (secondary N) is 1. The molecule has 1 atom stereocenters. The highest BCUT2D eigenvalue weighted by atomic mass is 35.5. The molecule has 0 aliphatic heterocycles. The average Bonchev–Trinajstić information content (AvgIpc) is 2.45. The average molecular weight is 298 g/mol. The molecule has 1 aliphatic carbocycles. The van der Waals surface area contributed by atoms with E-state index in [2.05, 4.69) is 12.2 Å². The maximum atomic E-state index is 14.1. The fourth-order valence-electron chi connectivity index (χ4n) is 3.28. The van der Waals surface area contributed by atoms with Crippen molar-refractivity contribution in [2.75, 3.05) is 6.54 Å². The van der Waals surface area contributed by atoms with Crippen LogP contribution < -0.4 is 5.32 Å². The third kappa shape index (κ3) is 4.46. The summed E-state index contributed by atoms with van der Waals surface area (Å²) >= 11 is 5.84. The zero-order valence-electron chi connectivity index (χ0n) is 12.3. The predicted molar refractivity (Wildman–Crippen MR) is 83.6 cm³/mol. The van der Waals surface area contributed by atoms with Crippen LogP contribution in [0.25, 0.3) is 0 Å². The Morgan fingerprint density at radius 3 is 2.70 bits per heavy atom. The van der Waals surface area contributed by atoms with Gasteiger partial charge in [-0.25, -0.2) is 4.39 Å². The van der Waals surface area contributed by atoms with Crippen LogP contribution in [0, 0.1) is 11.7 Å². The van der Waals surface area contributed by atoms with Gasteiger partial charge in [-0.2, -0.15) is 0 Å². The summed E-state index contributed by atoms with van der Waals surface area (Å²) in [5.41, 5.74) is 0.757. The molecule has 0 radical (unpaired) electrons. The quantitative estimate of drug-likeness (QED) is 0.732. The van der Waals surface area contributed by atoms with Gasteiger partial charge >= 0.3 is 0 Å². The lowest BCUT2D eigenvalue weighted by molar-refractivity contribution is 0.313. The first-order valence-corrected chi connectivity index (χ1v) is 8.26. The van der Waals surface area contributed by atoms with Crippen LogP contribution in [0.3, 0.4) is 0 Å². The van der Waals surface area contributed by atoms with Crippen molar-refractivity contribution in [1.29, 1.82) is 0 Å². The standard InChI is InChI=1S/C17H25ClFN/c1-2-20-17(11-8-13-6-4-3-5-7-13)15-10-9-14(18)12-16(15)19/h9-10,12-13,17,20H,2-8,11H2,1H3. The smallest absolute Gasteiger partial charge is 0.129 e. The van der Waals surface area contributed by atoms with Crippen LogP contribution in [0.4, 0.5) is 4.39 Å². The van der Waals surface area contributed by atoms with Crippen molar-refractivity contribution in [2.45, 2.75) is 57.9 Å². The van der Waals surface area contributed by atoms with E-state index in [1.807, 2.05) is 6.07 Å². The van der Waals surface area contributed by atoms with Gasteiger partial charge in [0.15, 0.2) is 0 Å². The molecular formula is C17H25ClFN. The number of halogens is 2. The Bertz CT molecular complexity index is 415. The molecule has 0 amide bonds. The Labute approximate surface area is 126 Å². The zero-order chi connectivity index (χ0) is 14.4. The van der Waals surface area contributed by atoms with Crippen molar-refractivity contribution in [1.82, 2.24) is 5.32 Å². The summed E-state index contributed by atoms with van der Waals surface area (Å²) in [6, 6.07) is 5.14. The largest absolute Gasteiger partial charge is 0.310 e. The minimum absolute atomic E-state index is 0.110. The van der Waals surface area contributed by atoms with Gasteiger partial charge in [0.2, 0.25) is 0 Å². The van der Waals surface area contributed by atoms with E-state index >= 15 is 0 Å². The van der Waals surface area contributed by atoms with Gasteiger partial charge in [-0.1, -0.05) is 56.7 Å². The maximum absolute atomic E-state index is 14.1. The van der Waals surface area contributed by atoms with E-state index in [1.165, 1.54) is 44.6 Å². The van der Waals surface area contributed by atoms with Gasteiger partial charge in [-0.3, -0.25) is 0 Å². The predicted octanol–water partition coefficient (Wildman–Crippen LogP) is 5.49. The zero-order valence-corrected chi connectivity index (χ0v) is 13.1. The van der Waals surface area contributed by atoms with E-state index < -0.39 is 0 Å². The van der Waals surface area contributed by atoms with Crippen LogP contribution in [0.2, 0.25) is 5.02 Å². The molecule has 1 aromatic rings. The summed E-state index contributed by atoms with van der Waals surface area (Å²) in [5, 5.41) is 3.88. The lowest BCUT2D eigenvalue weighted by Crippen LogP contribution is -2.23. The molecule has 0 bridgehead atoms. The van der Waals surface area contributed by atoms with Gasteiger partial charge in [0.25, 0.3) is 0 Å². The van der Waals surface area contributed by atoms with Crippen LogP contribution >= 0.6 is 11.6 Å². The fraction of sp³-hybridized carbons (Fsp3) is 0.647. The first-order chi connectivity index (χ1) is 9.70. The Morgan fingerprint density at radius 1 is 1.30 bits per heavy atom. The van der Waals surface area contributed by atoms with Crippen molar-refractivity contribution in [3.8, 4) is 0 Å². The molecule has 3 heteroatoms. The topological polar surface area (TPSA) is 12.0 Å². The molecule has 0 aromatic heterocycles. The lowest BCUT2D eigenvalue weighted by Gasteiger charge is -2.25. The molecule has 1 saturated carbocycles. The second kappa shape index (κ2) is 7.99. The minimum atomic E-state index is -0.188. The van der Waals surface area contributed by atoms with Crippen LogP contribution in [-0.4, -0.2) is 6.54 Å². The highest BCUT2D eigenvalue weighted by Gasteiger charge is 2.19. The number of rotatable bonds is 6. The van der Waals surface area contributed by atoms with E-state index in [-0.39, 0.29) is 11.9 Å². The molecule has 1 fully saturated rings. The second-order valence-corrected chi connectivity index (χ2v) is 6.29. The third-order valence-corrected chi connectivity index (χ3v) is 4.61. The number of hydrogen-bond acceptors (Lipinski definition) is 1. The van der Waals surface area contributed by atoms with E-state index in [0.717, 1.165) is 24.4 Å². The summed E-state index contributed by atoms with van der Waals surface area (Å²) in [6.45, 7) is 2.93. The molecule has 0 spiro atoms. The van der Waals surface area contributed by atoms with E-state index in [0.29, 0.717) is 5.02 Å². The van der Waals surface area contributed by atoms with Gasteiger partial charge < -0.3 is 5.32 Å². The van der Waals surface area contributed by atoms with Crippen LogP contribution in [-0.2, 0) is 0 Å². The van der Waals surface area contributed by atoms with Gasteiger partial charge in [0.1, 0.15) is 5.82 Å². The van der Waals surface area contributed by atoms with E-state index in [9.17, 15) is 4.39 Å². The normalized spacial score (nSPS) is 18.1. The van der Waals surface area contributed by atoms with Crippen LogP contribution in [0.15, 0.2) is 18.2 Å². The lowest BCUT2D eigenvalue weighted by atomic mass is 9.84. The maximum Gasteiger partial charge on any atom is 0.129 e. The first-order valence-electron chi connectivity index (χ1n) is 7.89. The summed E-state index contributed by atoms with van der Waals surface area (Å²) in [6.07, 6.45) is 9.03.